The van der Waals surface area contributed by atoms with E-state index in [0.29, 0.717) is 30.4 Å². The summed E-state index contributed by atoms with van der Waals surface area (Å²) in [6.45, 7) is 0.964. The first-order valence-corrected chi connectivity index (χ1v) is 7.59. The van der Waals surface area contributed by atoms with Gasteiger partial charge in [0, 0.05) is 36.2 Å². The number of hydrogen-bond acceptors (Lipinski definition) is 5. The molecule has 122 valence electrons. The molecule has 2 aromatic carbocycles. The SMILES string of the molecule is O=C1C[C@H](c2ccc([N+](=O)[O-])cc2)c2cc3c(cc2N1)OCCO3. The third-order valence-electron chi connectivity index (χ3n) is 4.26. The van der Waals surface area contributed by atoms with Gasteiger partial charge in [-0.05, 0) is 17.2 Å². The lowest BCUT2D eigenvalue weighted by Crippen LogP contribution is -2.24. The van der Waals surface area contributed by atoms with Gasteiger partial charge in [-0.1, -0.05) is 12.1 Å². The van der Waals surface area contributed by atoms with Crippen molar-refractivity contribution in [3.05, 3.63) is 57.6 Å². The van der Waals surface area contributed by atoms with Crippen LogP contribution in [0.1, 0.15) is 23.5 Å². The highest BCUT2D eigenvalue weighted by Crippen LogP contribution is 2.44. The standard InChI is InChI=1S/C17H14N2O5/c20-17-8-12(10-1-3-11(4-2-10)19(21)22)13-7-15-16(9-14(13)18-17)24-6-5-23-15/h1-4,7,9,12H,5-6,8H2,(H,18,20)/t12-/m1/s1. The van der Waals surface area contributed by atoms with Crippen LogP contribution in [0.15, 0.2) is 36.4 Å². The van der Waals surface area contributed by atoms with Crippen LogP contribution < -0.4 is 14.8 Å². The quantitative estimate of drug-likeness (QED) is 0.677. The molecule has 0 saturated carbocycles. The van der Waals surface area contributed by atoms with Crippen molar-refractivity contribution in [2.45, 2.75) is 12.3 Å². The molecule has 2 heterocycles. The van der Waals surface area contributed by atoms with Gasteiger partial charge < -0.3 is 14.8 Å². The molecular weight excluding hydrogens is 312 g/mol. The summed E-state index contributed by atoms with van der Waals surface area (Å²) in [6, 6.07) is 9.97. The molecule has 2 aliphatic rings. The van der Waals surface area contributed by atoms with Crippen molar-refractivity contribution in [2.75, 3.05) is 18.5 Å². The minimum atomic E-state index is -0.438. The van der Waals surface area contributed by atoms with Gasteiger partial charge in [-0.15, -0.1) is 0 Å². The summed E-state index contributed by atoms with van der Waals surface area (Å²) >= 11 is 0. The van der Waals surface area contributed by atoms with Gasteiger partial charge >= 0.3 is 0 Å². The lowest BCUT2D eigenvalue weighted by molar-refractivity contribution is -0.384. The maximum atomic E-state index is 12.1. The number of non-ortho nitro benzene ring substituents is 1. The van der Waals surface area contributed by atoms with Gasteiger partial charge in [0.05, 0.1) is 4.92 Å². The molecule has 24 heavy (non-hydrogen) atoms. The number of ether oxygens (including phenoxy) is 2. The first-order chi connectivity index (χ1) is 11.6. The maximum Gasteiger partial charge on any atom is 0.269 e. The number of carbonyl (C=O) groups excluding carboxylic acids is 1. The van der Waals surface area contributed by atoms with Crippen LogP contribution in [0.4, 0.5) is 11.4 Å². The Bertz CT molecular complexity index is 832. The van der Waals surface area contributed by atoms with Crippen LogP contribution >= 0.6 is 0 Å². The van der Waals surface area contributed by atoms with Crippen molar-refractivity contribution in [1.29, 1.82) is 0 Å². The molecule has 1 N–H and O–H groups in total. The molecule has 0 aliphatic carbocycles. The van der Waals surface area contributed by atoms with Crippen molar-refractivity contribution in [1.82, 2.24) is 0 Å². The minimum Gasteiger partial charge on any atom is -0.486 e. The van der Waals surface area contributed by atoms with E-state index in [1.807, 2.05) is 6.07 Å². The van der Waals surface area contributed by atoms with Crippen molar-refractivity contribution < 1.29 is 19.2 Å². The van der Waals surface area contributed by atoms with Gasteiger partial charge in [-0.3, -0.25) is 14.9 Å². The third kappa shape index (κ3) is 2.44. The number of rotatable bonds is 2. The third-order valence-corrected chi connectivity index (χ3v) is 4.26. The van der Waals surface area contributed by atoms with Crippen molar-refractivity contribution in [3.63, 3.8) is 0 Å². The Morgan fingerprint density at radius 1 is 1.08 bits per heavy atom. The van der Waals surface area contributed by atoms with Gasteiger partial charge in [0.2, 0.25) is 5.91 Å². The molecule has 0 fully saturated rings. The summed E-state index contributed by atoms with van der Waals surface area (Å²) in [5, 5.41) is 13.7. The predicted molar refractivity (Wildman–Crippen MR) is 85.6 cm³/mol. The van der Waals surface area contributed by atoms with E-state index < -0.39 is 4.92 Å². The van der Waals surface area contributed by atoms with E-state index in [9.17, 15) is 14.9 Å². The number of hydrogen-bond donors (Lipinski definition) is 1. The van der Waals surface area contributed by atoms with Crippen LogP contribution in [0.5, 0.6) is 11.5 Å². The minimum absolute atomic E-state index is 0.0291. The zero-order valence-electron chi connectivity index (χ0n) is 12.7. The number of anilines is 1. The van der Waals surface area contributed by atoms with Gasteiger partial charge in [0.25, 0.3) is 5.69 Å². The summed E-state index contributed by atoms with van der Waals surface area (Å²) in [5.41, 5.74) is 2.50. The number of nitrogens with one attached hydrogen (secondary N) is 1. The van der Waals surface area contributed by atoms with E-state index in [-0.39, 0.29) is 23.9 Å². The Kier molecular flexibility index (Phi) is 3.34. The molecular formula is C17H14N2O5. The second-order valence-electron chi connectivity index (χ2n) is 5.74. The second-order valence-corrected chi connectivity index (χ2v) is 5.74. The largest absolute Gasteiger partial charge is 0.486 e. The zero-order chi connectivity index (χ0) is 16.7. The summed E-state index contributed by atoms with van der Waals surface area (Å²) in [4.78, 5) is 22.4. The fraction of sp³-hybridized carbons (Fsp3) is 0.235. The second kappa shape index (κ2) is 5.52. The molecule has 1 amide bonds. The normalized spacial score (nSPS) is 18.5. The number of nitrogens with zero attached hydrogens (tertiary/aromatic N) is 1. The molecule has 0 saturated heterocycles. The summed E-state index contributed by atoms with van der Waals surface area (Å²) < 4.78 is 11.2. The highest BCUT2D eigenvalue weighted by molar-refractivity contribution is 5.96. The van der Waals surface area contributed by atoms with E-state index >= 15 is 0 Å². The van der Waals surface area contributed by atoms with Gasteiger partial charge in [0.15, 0.2) is 11.5 Å². The summed E-state index contributed by atoms with van der Waals surface area (Å²) in [5.74, 6) is 1.00. The lowest BCUT2D eigenvalue weighted by atomic mass is 9.84. The molecule has 2 aromatic rings. The number of nitro benzene ring substituents is 1. The van der Waals surface area contributed by atoms with Gasteiger partial charge in [-0.2, -0.15) is 0 Å². The molecule has 0 radical (unpaired) electrons. The first kappa shape index (κ1) is 14.5. The number of nitro groups is 1. The molecule has 0 bridgehead atoms. The van der Waals surface area contributed by atoms with Gasteiger partial charge in [-0.25, -0.2) is 0 Å². The lowest BCUT2D eigenvalue weighted by Gasteiger charge is -2.28. The summed E-state index contributed by atoms with van der Waals surface area (Å²) in [7, 11) is 0. The van der Waals surface area contributed by atoms with Crippen LogP contribution in [0.3, 0.4) is 0 Å². The molecule has 0 aromatic heterocycles. The number of fused-ring (bicyclic) bond motifs is 2. The maximum absolute atomic E-state index is 12.1. The highest BCUT2D eigenvalue weighted by atomic mass is 16.6. The fourth-order valence-electron chi connectivity index (χ4n) is 3.12. The van der Waals surface area contributed by atoms with Crippen LogP contribution in [0.25, 0.3) is 0 Å². The van der Waals surface area contributed by atoms with Gasteiger partial charge in [0.1, 0.15) is 13.2 Å². The molecule has 2 aliphatic heterocycles. The van der Waals surface area contributed by atoms with E-state index in [1.165, 1.54) is 12.1 Å². The molecule has 0 spiro atoms. The Hall–Kier alpha value is -3.09. The van der Waals surface area contributed by atoms with Crippen molar-refractivity contribution in [3.8, 4) is 11.5 Å². The summed E-state index contributed by atoms with van der Waals surface area (Å²) in [6.07, 6.45) is 0.282. The topological polar surface area (TPSA) is 90.7 Å². The zero-order valence-corrected chi connectivity index (χ0v) is 12.7. The Morgan fingerprint density at radius 2 is 1.75 bits per heavy atom. The monoisotopic (exact) mass is 326 g/mol. The Balaban J connectivity index is 1.77. The average Bonchev–Trinajstić information content (AvgIpc) is 2.59. The number of carbonyl (C=O) groups is 1. The van der Waals surface area contributed by atoms with Crippen LogP contribution in [-0.4, -0.2) is 24.0 Å². The fourth-order valence-corrected chi connectivity index (χ4v) is 3.12. The van der Waals surface area contributed by atoms with Crippen molar-refractivity contribution >= 4 is 17.3 Å². The Morgan fingerprint density at radius 3 is 2.42 bits per heavy atom. The first-order valence-electron chi connectivity index (χ1n) is 7.59. The highest BCUT2D eigenvalue weighted by Gasteiger charge is 2.29. The van der Waals surface area contributed by atoms with Crippen molar-refractivity contribution in [2.24, 2.45) is 0 Å². The van der Waals surface area contributed by atoms with E-state index in [4.69, 9.17) is 9.47 Å². The van der Waals surface area contributed by atoms with E-state index in [0.717, 1.165) is 11.1 Å². The van der Waals surface area contributed by atoms with Crippen LogP contribution in [-0.2, 0) is 4.79 Å². The number of amides is 1. The predicted octanol–water partition coefficient (Wildman–Crippen LogP) is 2.84. The molecule has 1 atom stereocenters. The van der Waals surface area contributed by atoms with Crippen LogP contribution in [0.2, 0.25) is 0 Å². The molecule has 7 heteroatoms. The van der Waals surface area contributed by atoms with E-state index in [1.54, 1.807) is 18.2 Å². The van der Waals surface area contributed by atoms with E-state index in [2.05, 4.69) is 5.32 Å². The smallest absolute Gasteiger partial charge is 0.269 e. The Labute approximate surface area is 137 Å². The molecule has 7 nitrogen and oxygen atoms in total. The molecule has 4 rings (SSSR count). The average molecular weight is 326 g/mol. The van der Waals surface area contributed by atoms with Crippen LogP contribution in [0, 0.1) is 10.1 Å². The molecule has 0 unspecified atom stereocenters. The number of benzene rings is 2.